The molecule has 2 N–H and O–H groups in total. The van der Waals surface area contributed by atoms with Crippen molar-refractivity contribution >= 4 is 11.6 Å². The van der Waals surface area contributed by atoms with E-state index in [2.05, 4.69) is 15.5 Å². The maximum atomic E-state index is 11.0. The van der Waals surface area contributed by atoms with Crippen molar-refractivity contribution in [2.45, 2.75) is 6.54 Å². The predicted molar refractivity (Wildman–Crippen MR) is 52.7 cm³/mol. The van der Waals surface area contributed by atoms with Gasteiger partial charge in [0.15, 0.2) is 11.5 Å². The Hall–Kier alpha value is -1.95. The number of carboxylic acids is 1. The SMILES string of the molecule is CNCc1nnc2cccc(C(=O)O)n12. The Bertz CT molecular complexity index is 506. The Morgan fingerprint density at radius 3 is 3.00 bits per heavy atom. The van der Waals surface area contributed by atoms with Crippen molar-refractivity contribution in [3.63, 3.8) is 0 Å². The molecule has 78 valence electrons. The second-order valence-electron chi connectivity index (χ2n) is 3.06. The number of carbonyl (C=O) groups is 1. The summed E-state index contributed by atoms with van der Waals surface area (Å²) in [5, 5.41) is 19.7. The van der Waals surface area contributed by atoms with E-state index >= 15 is 0 Å². The van der Waals surface area contributed by atoms with Crippen molar-refractivity contribution in [3.05, 3.63) is 29.7 Å². The quantitative estimate of drug-likeness (QED) is 0.747. The summed E-state index contributed by atoms with van der Waals surface area (Å²) in [7, 11) is 1.77. The van der Waals surface area contributed by atoms with Crippen molar-refractivity contribution in [3.8, 4) is 0 Å². The highest BCUT2D eigenvalue weighted by Gasteiger charge is 2.12. The smallest absolute Gasteiger partial charge is 0.352 e. The van der Waals surface area contributed by atoms with Gasteiger partial charge in [0.2, 0.25) is 0 Å². The van der Waals surface area contributed by atoms with E-state index in [9.17, 15) is 4.79 Å². The molecular weight excluding hydrogens is 196 g/mol. The normalized spacial score (nSPS) is 10.7. The van der Waals surface area contributed by atoms with Gasteiger partial charge in [0.1, 0.15) is 5.69 Å². The maximum Gasteiger partial charge on any atom is 0.352 e. The van der Waals surface area contributed by atoms with E-state index in [1.807, 2.05) is 0 Å². The number of nitrogens with zero attached hydrogens (tertiary/aromatic N) is 3. The van der Waals surface area contributed by atoms with E-state index in [0.29, 0.717) is 18.0 Å². The molecule has 0 atom stereocenters. The summed E-state index contributed by atoms with van der Waals surface area (Å²) in [5.41, 5.74) is 0.711. The van der Waals surface area contributed by atoms with Gasteiger partial charge in [-0.15, -0.1) is 10.2 Å². The molecule has 0 saturated carbocycles. The van der Waals surface area contributed by atoms with Gasteiger partial charge in [0, 0.05) is 0 Å². The highest BCUT2D eigenvalue weighted by atomic mass is 16.4. The summed E-state index contributed by atoms with van der Waals surface area (Å²) >= 11 is 0. The third-order valence-electron chi connectivity index (χ3n) is 2.05. The molecule has 0 spiro atoms. The highest BCUT2D eigenvalue weighted by Crippen LogP contribution is 2.08. The Morgan fingerprint density at radius 1 is 1.53 bits per heavy atom. The van der Waals surface area contributed by atoms with Crippen molar-refractivity contribution in [2.24, 2.45) is 0 Å². The summed E-state index contributed by atoms with van der Waals surface area (Å²) in [6.07, 6.45) is 0. The van der Waals surface area contributed by atoms with Crippen LogP contribution in [0.3, 0.4) is 0 Å². The van der Waals surface area contributed by atoms with Gasteiger partial charge >= 0.3 is 5.97 Å². The molecule has 15 heavy (non-hydrogen) atoms. The first kappa shape index (κ1) is 9.60. The molecule has 0 aromatic carbocycles. The Kier molecular flexibility index (Phi) is 2.34. The van der Waals surface area contributed by atoms with Crippen LogP contribution in [-0.4, -0.2) is 32.7 Å². The van der Waals surface area contributed by atoms with Crippen molar-refractivity contribution < 1.29 is 9.90 Å². The number of rotatable bonds is 3. The fourth-order valence-electron chi connectivity index (χ4n) is 1.44. The zero-order valence-corrected chi connectivity index (χ0v) is 8.14. The van der Waals surface area contributed by atoms with Crippen LogP contribution in [0, 0.1) is 0 Å². The molecule has 6 heteroatoms. The molecule has 2 aromatic rings. The van der Waals surface area contributed by atoms with E-state index in [4.69, 9.17) is 5.11 Å². The average Bonchev–Trinajstić information content (AvgIpc) is 2.62. The lowest BCUT2D eigenvalue weighted by Crippen LogP contribution is -2.13. The average molecular weight is 206 g/mol. The third-order valence-corrected chi connectivity index (χ3v) is 2.05. The zero-order valence-electron chi connectivity index (χ0n) is 8.14. The minimum atomic E-state index is -0.988. The van der Waals surface area contributed by atoms with Crippen LogP contribution in [0.15, 0.2) is 18.2 Å². The number of hydrogen-bond acceptors (Lipinski definition) is 4. The van der Waals surface area contributed by atoms with E-state index in [0.717, 1.165) is 0 Å². The van der Waals surface area contributed by atoms with Gasteiger partial charge in [0.25, 0.3) is 0 Å². The number of pyridine rings is 1. The van der Waals surface area contributed by atoms with Crippen LogP contribution < -0.4 is 5.32 Å². The molecule has 0 unspecified atom stereocenters. The maximum absolute atomic E-state index is 11.0. The summed E-state index contributed by atoms with van der Waals surface area (Å²) in [5.74, 6) is -0.400. The van der Waals surface area contributed by atoms with Crippen molar-refractivity contribution in [1.82, 2.24) is 19.9 Å². The van der Waals surface area contributed by atoms with E-state index in [-0.39, 0.29) is 5.69 Å². The molecule has 0 bridgehead atoms. The second kappa shape index (κ2) is 3.66. The number of aromatic nitrogens is 3. The fraction of sp³-hybridized carbons (Fsp3) is 0.222. The minimum absolute atomic E-state index is 0.169. The lowest BCUT2D eigenvalue weighted by molar-refractivity contribution is 0.0688. The van der Waals surface area contributed by atoms with Gasteiger partial charge in [-0.05, 0) is 19.2 Å². The molecule has 2 heterocycles. The number of aromatic carboxylic acids is 1. The molecule has 0 aliphatic heterocycles. The topological polar surface area (TPSA) is 79.5 Å². The predicted octanol–water partition coefficient (Wildman–Crippen LogP) is 0.147. The molecule has 0 saturated heterocycles. The van der Waals surface area contributed by atoms with Crippen LogP contribution in [-0.2, 0) is 6.54 Å². The summed E-state index contributed by atoms with van der Waals surface area (Å²) < 4.78 is 1.53. The van der Waals surface area contributed by atoms with Gasteiger partial charge < -0.3 is 10.4 Å². The third kappa shape index (κ3) is 1.55. The molecule has 0 amide bonds. The largest absolute Gasteiger partial charge is 0.477 e. The van der Waals surface area contributed by atoms with Crippen molar-refractivity contribution in [1.29, 1.82) is 0 Å². The van der Waals surface area contributed by atoms with E-state index in [1.54, 1.807) is 19.2 Å². The lowest BCUT2D eigenvalue weighted by atomic mass is 10.3. The standard InChI is InChI=1S/C9H10N4O2/c1-10-5-8-12-11-7-4-2-3-6(9(14)15)13(7)8/h2-4,10H,5H2,1H3,(H,14,15). The van der Waals surface area contributed by atoms with Crippen LogP contribution in [0.4, 0.5) is 0 Å². The zero-order chi connectivity index (χ0) is 10.8. The number of fused-ring (bicyclic) bond motifs is 1. The van der Waals surface area contributed by atoms with Gasteiger partial charge in [-0.2, -0.15) is 0 Å². The fourth-order valence-corrected chi connectivity index (χ4v) is 1.44. The Labute approximate surface area is 85.6 Å². The van der Waals surface area contributed by atoms with Gasteiger partial charge in [0.05, 0.1) is 6.54 Å². The van der Waals surface area contributed by atoms with E-state index < -0.39 is 5.97 Å². The lowest BCUT2D eigenvalue weighted by Gasteiger charge is -2.02. The minimum Gasteiger partial charge on any atom is -0.477 e. The Balaban J connectivity index is 2.69. The second-order valence-corrected chi connectivity index (χ2v) is 3.06. The first-order valence-corrected chi connectivity index (χ1v) is 4.45. The van der Waals surface area contributed by atoms with E-state index in [1.165, 1.54) is 10.5 Å². The van der Waals surface area contributed by atoms with Crippen LogP contribution in [0.5, 0.6) is 0 Å². The molecular formula is C9H10N4O2. The monoisotopic (exact) mass is 206 g/mol. The van der Waals surface area contributed by atoms with Crippen LogP contribution in [0.2, 0.25) is 0 Å². The molecule has 0 aliphatic rings. The number of hydrogen-bond donors (Lipinski definition) is 2. The number of carboxylic acid groups (broad SMARTS) is 1. The summed E-state index contributed by atoms with van der Waals surface area (Å²) in [4.78, 5) is 11.0. The van der Waals surface area contributed by atoms with Crippen LogP contribution >= 0.6 is 0 Å². The molecule has 2 rings (SSSR count). The summed E-state index contributed by atoms with van der Waals surface area (Å²) in [6.45, 7) is 0.478. The highest BCUT2D eigenvalue weighted by molar-refractivity contribution is 5.86. The van der Waals surface area contributed by atoms with Gasteiger partial charge in [-0.3, -0.25) is 4.40 Å². The summed E-state index contributed by atoms with van der Waals surface area (Å²) in [6, 6.07) is 4.90. The Morgan fingerprint density at radius 2 is 2.33 bits per heavy atom. The first-order valence-electron chi connectivity index (χ1n) is 4.45. The van der Waals surface area contributed by atoms with Crippen LogP contribution in [0.25, 0.3) is 5.65 Å². The molecule has 0 radical (unpaired) electrons. The number of nitrogens with one attached hydrogen (secondary N) is 1. The molecule has 6 nitrogen and oxygen atoms in total. The molecule has 2 aromatic heterocycles. The van der Waals surface area contributed by atoms with Crippen molar-refractivity contribution in [2.75, 3.05) is 7.05 Å². The molecule has 0 fully saturated rings. The van der Waals surface area contributed by atoms with Crippen LogP contribution in [0.1, 0.15) is 16.3 Å². The van der Waals surface area contributed by atoms with Gasteiger partial charge in [-0.25, -0.2) is 4.79 Å². The first-order chi connectivity index (χ1) is 7.24. The van der Waals surface area contributed by atoms with Gasteiger partial charge in [-0.1, -0.05) is 6.07 Å². The molecule has 0 aliphatic carbocycles.